The van der Waals surface area contributed by atoms with Gasteiger partial charge in [-0.05, 0) is 46.5 Å². The summed E-state index contributed by atoms with van der Waals surface area (Å²) >= 11 is 4.89. The predicted molar refractivity (Wildman–Crippen MR) is 160 cm³/mol. The lowest BCUT2D eigenvalue weighted by Gasteiger charge is -2.13. The largest absolute Gasteiger partial charge is 0.491 e. The molecule has 9 heteroatoms. The smallest absolute Gasteiger partial charge is 0.119 e. The van der Waals surface area contributed by atoms with E-state index in [1.54, 1.807) is 0 Å². The molecule has 0 amide bonds. The van der Waals surface area contributed by atoms with Crippen LogP contribution in [0.2, 0.25) is 0 Å². The van der Waals surface area contributed by atoms with Crippen molar-refractivity contribution in [2.45, 2.75) is 4.90 Å². The Kier molecular flexibility index (Phi) is 14.3. The van der Waals surface area contributed by atoms with Gasteiger partial charge in [0.25, 0.3) is 0 Å². The number of fused-ring (bicyclic) bond motifs is 2. The average Bonchev–Trinajstić information content (AvgIpc) is 3.00. The van der Waals surface area contributed by atoms with E-state index in [0.29, 0.717) is 92.5 Å². The summed E-state index contributed by atoms with van der Waals surface area (Å²) in [5.41, 5.74) is 4.26. The van der Waals surface area contributed by atoms with E-state index < -0.39 is 0 Å². The Hall–Kier alpha value is -2.63. The summed E-state index contributed by atoms with van der Waals surface area (Å²) in [6, 6.07) is 22.3. The second-order valence-electron chi connectivity index (χ2n) is 9.12. The average molecular weight is 585 g/mol. The monoisotopic (exact) mass is 584 g/mol. The van der Waals surface area contributed by atoms with Gasteiger partial charge in [-0.15, -0.1) is 12.6 Å². The van der Waals surface area contributed by atoms with Crippen molar-refractivity contribution in [1.29, 1.82) is 0 Å². The zero-order valence-corrected chi connectivity index (χ0v) is 24.4. The fourth-order valence-corrected chi connectivity index (χ4v) is 4.52. The van der Waals surface area contributed by atoms with Crippen LogP contribution in [0.1, 0.15) is 0 Å². The quantitative estimate of drug-likeness (QED) is 0.363. The van der Waals surface area contributed by atoms with Crippen LogP contribution in [-0.2, 0) is 28.4 Å². The maximum absolute atomic E-state index is 5.83. The lowest BCUT2D eigenvalue weighted by atomic mass is 9.98. The van der Waals surface area contributed by atoms with Gasteiger partial charge in [0, 0.05) is 4.90 Å². The molecule has 0 radical (unpaired) electrons. The number of hydrogen-bond acceptors (Lipinski definition) is 9. The molecule has 0 atom stereocenters. The Balaban J connectivity index is 1.32. The zero-order valence-electron chi connectivity index (χ0n) is 23.5. The Morgan fingerprint density at radius 3 is 0.976 bits per heavy atom. The van der Waals surface area contributed by atoms with E-state index in [1.165, 1.54) is 0 Å². The van der Waals surface area contributed by atoms with E-state index in [1.807, 2.05) is 48.5 Å². The van der Waals surface area contributed by atoms with E-state index >= 15 is 0 Å². The Labute approximate surface area is 248 Å². The molecule has 6 rings (SSSR count). The van der Waals surface area contributed by atoms with Crippen molar-refractivity contribution < 1.29 is 37.9 Å². The van der Waals surface area contributed by atoms with E-state index in [2.05, 4.69) is 18.2 Å². The molecule has 0 saturated carbocycles. The number of rotatable bonds is 0. The topological polar surface area (TPSA) is 73.8 Å². The first-order valence-electron chi connectivity index (χ1n) is 14.1. The molecule has 222 valence electrons. The summed E-state index contributed by atoms with van der Waals surface area (Å²) in [5.74, 6) is 1.59. The molecule has 3 aromatic rings. The first kappa shape index (κ1) is 31.3. The summed E-state index contributed by atoms with van der Waals surface area (Å²) in [6.07, 6.45) is 0. The second kappa shape index (κ2) is 18.7. The molecule has 6 bridgehead atoms. The molecule has 3 aromatic carbocycles. The van der Waals surface area contributed by atoms with Crippen LogP contribution in [0.5, 0.6) is 11.5 Å². The van der Waals surface area contributed by atoms with Gasteiger partial charge in [0.15, 0.2) is 0 Å². The number of hydrogen-bond donors (Lipinski definition) is 1. The molecule has 0 fully saturated rings. The summed E-state index contributed by atoms with van der Waals surface area (Å²) in [7, 11) is 0. The molecule has 3 aliphatic heterocycles. The van der Waals surface area contributed by atoms with Gasteiger partial charge in [0.2, 0.25) is 0 Å². The molecule has 0 N–H and O–H groups in total. The maximum Gasteiger partial charge on any atom is 0.119 e. The van der Waals surface area contributed by atoms with E-state index in [4.69, 9.17) is 50.5 Å². The summed E-state index contributed by atoms with van der Waals surface area (Å²) < 4.78 is 44.9. The minimum absolute atomic E-state index is 0.466. The first-order chi connectivity index (χ1) is 20.3. The molecule has 0 spiro atoms. The van der Waals surface area contributed by atoms with Crippen molar-refractivity contribution >= 4 is 12.6 Å². The fraction of sp³-hybridized carbons (Fsp3) is 0.438. The van der Waals surface area contributed by atoms with Gasteiger partial charge in [0.1, 0.15) is 24.7 Å². The molecule has 41 heavy (non-hydrogen) atoms. The summed E-state index contributed by atoms with van der Waals surface area (Å²) in [5, 5.41) is 0. The van der Waals surface area contributed by atoms with Gasteiger partial charge in [-0.2, -0.15) is 0 Å². The first-order valence-corrected chi connectivity index (χ1v) is 14.5. The highest BCUT2D eigenvalue weighted by Crippen LogP contribution is 2.36. The van der Waals surface area contributed by atoms with Crippen molar-refractivity contribution in [3.05, 3.63) is 66.7 Å². The normalized spacial score (nSPS) is 17.8. The minimum Gasteiger partial charge on any atom is -0.491 e. The van der Waals surface area contributed by atoms with Gasteiger partial charge in [-0.3, -0.25) is 0 Å². The van der Waals surface area contributed by atoms with Crippen LogP contribution < -0.4 is 9.47 Å². The predicted octanol–water partition coefficient (Wildman–Crippen LogP) is 5.18. The summed E-state index contributed by atoms with van der Waals surface area (Å²) in [6.45, 7) is 7.06. The van der Waals surface area contributed by atoms with Crippen LogP contribution in [-0.4, -0.2) is 92.5 Å². The zero-order chi connectivity index (χ0) is 28.4. The maximum atomic E-state index is 5.83. The van der Waals surface area contributed by atoms with E-state index in [9.17, 15) is 0 Å². The van der Waals surface area contributed by atoms with Gasteiger partial charge in [0.05, 0.1) is 79.3 Å². The van der Waals surface area contributed by atoms with Crippen molar-refractivity contribution in [3.8, 4) is 33.8 Å². The van der Waals surface area contributed by atoms with Gasteiger partial charge in [-0.1, -0.05) is 42.5 Å². The number of ether oxygens (including phenoxy) is 8. The molecule has 0 unspecified atom stereocenters. The van der Waals surface area contributed by atoms with Crippen molar-refractivity contribution in [2.75, 3.05) is 92.5 Å². The van der Waals surface area contributed by atoms with Crippen LogP contribution in [0.25, 0.3) is 22.3 Å². The number of benzene rings is 3. The molecular weight excluding hydrogens is 544 g/mol. The van der Waals surface area contributed by atoms with Crippen LogP contribution in [0.15, 0.2) is 71.6 Å². The third-order valence-corrected chi connectivity index (χ3v) is 6.70. The van der Waals surface area contributed by atoms with Gasteiger partial charge >= 0.3 is 0 Å². The standard InChI is InChI=1S/C32H40O8S/c41-32-30-2-1-3-31(32)27-6-10-29(11-7-27)40-25-23-38-21-19-36-17-15-34-13-12-33-14-16-35-18-20-37-22-24-39-28-8-4-26(30)5-9-28/h1-11,41H,12-25H2. The molecule has 0 aromatic heterocycles. The third kappa shape index (κ3) is 11.3. The highest BCUT2D eigenvalue weighted by Gasteiger charge is 2.10. The summed E-state index contributed by atoms with van der Waals surface area (Å²) in [4.78, 5) is 0.917. The Bertz CT molecular complexity index is 1040. The van der Waals surface area contributed by atoms with Gasteiger partial charge in [-0.25, -0.2) is 0 Å². The molecular formula is C32H40O8S. The van der Waals surface area contributed by atoms with Crippen molar-refractivity contribution in [3.63, 3.8) is 0 Å². The minimum atomic E-state index is 0.466. The fourth-order valence-electron chi connectivity index (χ4n) is 4.11. The molecule has 3 heterocycles. The van der Waals surface area contributed by atoms with Gasteiger partial charge < -0.3 is 37.9 Å². The van der Waals surface area contributed by atoms with E-state index in [0.717, 1.165) is 38.6 Å². The molecule has 0 saturated heterocycles. The lowest BCUT2D eigenvalue weighted by Crippen LogP contribution is -2.15. The van der Waals surface area contributed by atoms with Crippen molar-refractivity contribution in [1.82, 2.24) is 0 Å². The Morgan fingerprint density at radius 2 is 0.659 bits per heavy atom. The molecule has 0 aliphatic carbocycles. The third-order valence-electron chi connectivity index (χ3n) is 6.22. The number of thiol groups is 1. The highest BCUT2D eigenvalue weighted by molar-refractivity contribution is 7.80. The SMILES string of the molecule is Sc1c2cccc1-c1ccc(cc1)OCCOCCOCCOCCOCCOCCOCCOc1ccc-2cc1. The lowest BCUT2D eigenvalue weighted by molar-refractivity contribution is -0.0187. The molecule has 3 aliphatic rings. The second-order valence-corrected chi connectivity index (χ2v) is 9.57. The van der Waals surface area contributed by atoms with E-state index in [-0.39, 0.29) is 0 Å². The van der Waals surface area contributed by atoms with Crippen LogP contribution in [0, 0.1) is 0 Å². The van der Waals surface area contributed by atoms with Crippen molar-refractivity contribution in [2.24, 2.45) is 0 Å². The molecule has 8 nitrogen and oxygen atoms in total. The van der Waals surface area contributed by atoms with Crippen LogP contribution in [0.4, 0.5) is 0 Å². The Morgan fingerprint density at radius 1 is 0.366 bits per heavy atom. The van der Waals surface area contributed by atoms with Crippen LogP contribution >= 0.6 is 12.6 Å². The van der Waals surface area contributed by atoms with Crippen LogP contribution in [0.3, 0.4) is 0 Å². The highest BCUT2D eigenvalue weighted by atomic mass is 32.1.